The van der Waals surface area contributed by atoms with Gasteiger partial charge in [-0.15, -0.1) is 0 Å². The van der Waals surface area contributed by atoms with Crippen LogP contribution in [-0.2, 0) is 4.79 Å². The highest BCUT2D eigenvalue weighted by molar-refractivity contribution is 9.10. The van der Waals surface area contributed by atoms with Crippen molar-refractivity contribution in [1.29, 1.82) is 0 Å². The van der Waals surface area contributed by atoms with E-state index in [2.05, 4.69) is 31.6 Å². The van der Waals surface area contributed by atoms with E-state index in [1.54, 1.807) is 0 Å². The molecule has 0 aliphatic carbocycles. The van der Waals surface area contributed by atoms with Gasteiger partial charge in [0.25, 0.3) is 0 Å². The number of halogens is 1. The maximum atomic E-state index is 11.7. The van der Waals surface area contributed by atoms with Crippen molar-refractivity contribution >= 4 is 27.7 Å². The van der Waals surface area contributed by atoms with Crippen LogP contribution in [0.3, 0.4) is 0 Å². The Bertz CT molecular complexity index is 564. The van der Waals surface area contributed by atoms with Crippen LogP contribution in [0.5, 0.6) is 0 Å². The van der Waals surface area contributed by atoms with Crippen molar-refractivity contribution in [2.24, 2.45) is 5.92 Å². The first-order valence-corrected chi connectivity index (χ1v) is 6.74. The number of nitrogens with zero attached hydrogens (tertiary/aromatic N) is 2. The molecule has 0 radical (unpaired) electrons. The van der Waals surface area contributed by atoms with Crippen LogP contribution in [0, 0.1) is 5.92 Å². The first-order valence-electron chi connectivity index (χ1n) is 5.94. The van der Waals surface area contributed by atoms with Crippen LogP contribution in [0.4, 0.5) is 5.82 Å². The van der Waals surface area contributed by atoms with Gasteiger partial charge in [0.15, 0.2) is 5.69 Å². The third kappa shape index (κ3) is 3.64. The third-order valence-electron chi connectivity index (χ3n) is 2.46. The van der Waals surface area contributed by atoms with Crippen LogP contribution in [0.1, 0.15) is 20.3 Å². The molecule has 0 bridgehead atoms. The molecular formula is C13H14BrN3O2. The lowest BCUT2D eigenvalue weighted by atomic mass is 10.1. The van der Waals surface area contributed by atoms with Crippen molar-refractivity contribution in [3.63, 3.8) is 0 Å². The minimum atomic E-state index is -0.0935. The SMILES string of the molecule is CC(C)CC(=O)Nc1nonc1-c1ccc(Br)cc1. The van der Waals surface area contributed by atoms with E-state index in [1.807, 2.05) is 38.1 Å². The summed E-state index contributed by atoms with van der Waals surface area (Å²) in [4.78, 5) is 11.7. The molecule has 0 saturated heterocycles. The summed E-state index contributed by atoms with van der Waals surface area (Å²) in [6.07, 6.45) is 0.437. The molecule has 0 unspecified atom stereocenters. The van der Waals surface area contributed by atoms with E-state index >= 15 is 0 Å². The van der Waals surface area contributed by atoms with E-state index in [1.165, 1.54) is 0 Å². The summed E-state index contributed by atoms with van der Waals surface area (Å²) in [6, 6.07) is 7.54. The van der Waals surface area contributed by atoms with Crippen LogP contribution < -0.4 is 5.32 Å². The smallest absolute Gasteiger partial charge is 0.225 e. The van der Waals surface area contributed by atoms with Crippen LogP contribution in [0.2, 0.25) is 0 Å². The molecule has 1 aromatic carbocycles. The van der Waals surface area contributed by atoms with Gasteiger partial charge in [-0.05, 0) is 28.4 Å². The highest BCUT2D eigenvalue weighted by Gasteiger charge is 2.15. The zero-order valence-corrected chi connectivity index (χ0v) is 12.3. The molecule has 1 heterocycles. The number of nitrogens with one attached hydrogen (secondary N) is 1. The summed E-state index contributed by atoms with van der Waals surface area (Å²) in [5.74, 6) is 0.549. The quantitative estimate of drug-likeness (QED) is 0.935. The molecule has 100 valence electrons. The first kappa shape index (κ1) is 13.7. The van der Waals surface area contributed by atoms with Gasteiger partial charge >= 0.3 is 0 Å². The van der Waals surface area contributed by atoms with Gasteiger partial charge in [-0.25, -0.2) is 4.63 Å². The predicted octanol–water partition coefficient (Wildman–Crippen LogP) is 3.48. The van der Waals surface area contributed by atoms with Crippen LogP contribution in [0.25, 0.3) is 11.3 Å². The van der Waals surface area contributed by atoms with E-state index in [9.17, 15) is 4.79 Å². The second-order valence-corrected chi connectivity index (χ2v) is 5.53. The van der Waals surface area contributed by atoms with Crippen LogP contribution >= 0.6 is 15.9 Å². The van der Waals surface area contributed by atoms with E-state index in [4.69, 9.17) is 4.63 Å². The molecule has 1 aromatic heterocycles. The molecule has 0 saturated carbocycles. The molecule has 1 N–H and O–H groups in total. The number of aromatic nitrogens is 2. The van der Waals surface area contributed by atoms with Gasteiger partial charge in [0.05, 0.1) is 0 Å². The Morgan fingerprint density at radius 2 is 2.00 bits per heavy atom. The first-order chi connectivity index (χ1) is 9.06. The average Bonchev–Trinajstić information content (AvgIpc) is 2.77. The summed E-state index contributed by atoms with van der Waals surface area (Å²) in [5.41, 5.74) is 1.37. The molecule has 19 heavy (non-hydrogen) atoms. The maximum Gasteiger partial charge on any atom is 0.225 e. The Balaban J connectivity index is 2.18. The fourth-order valence-corrected chi connectivity index (χ4v) is 1.89. The number of hydrogen-bond acceptors (Lipinski definition) is 4. The molecule has 0 aliphatic heterocycles. The lowest BCUT2D eigenvalue weighted by molar-refractivity contribution is -0.116. The highest BCUT2D eigenvalue weighted by Crippen LogP contribution is 2.25. The van der Waals surface area contributed by atoms with Crippen molar-refractivity contribution in [2.45, 2.75) is 20.3 Å². The van der Waals surface area contributed by atoms with Gasteiger partial charge in [0.2, 0.25) is 11.7 Å². The second kappa shape index (κ2) is 5.97. The average molecular weight is 324 g/mol. The summed E-state index contributed by atoms with van der Waals surface area (Å²) < 4.78 is 5.68. The van der Waals surface area contributed by atoms with Crippen molar-refractivity contribution < 1.29 is 9.42 Å². The van der Waals surface area contributed by atoms with E-state index in [-0.39, 0.29) is 11.8 Å². The monoisotopic (exact) mass is 323 g/mol. The molecule has 0 aliphatic rings. The molecule has 2 rings (SSSR count). The molecule has 0 spiro atoms. The van der Waals surface area contributed by atoms with Crippen molar-refractivity contribution in [1.82, 2.24) is 10.3 Å². The predicted molar refractivity (Wildman–Crippen MR) is 75.5 cm³/mol. The van der Waals surface area contributed by atoms with Gasteiger partial charge in [-0.1, -0.05) is 41.9 Å². The van der Waals surface area contributed by atoms with Gasteiger partial charge in [0.1, 0.15) is 0 Å². The Hall–Kier alpha value is -1.69. The molecule has 2 aromatic rings. The van der Waals surface area contributed by atoms with Crippen LogP contribution in [-0.4, -0.2) is 16.2 Å². The second-order valence-electron chi connectivity index (χ2n) is 4.61. The lowest BCUT2D eigenvalue weighted by Crippen LogP contribution is -2.14. The number of anilines is 1. The summed E-state index contributed by atoms with van der Waals surface area (Å²) >= 11 is 3.37. The van der Waals surface area contributed by atoms with Gasteiger partial charge in [-0.3, -0.25) is 4.79 Å². The van der Waals surface area contributed by atoms with E-state index < -0.39 is 0 Å². The fraction of sp³-hybridized carbons (Fsp3) is 0.308. The maximum absolute atomic E-state index is 11.7. The summed E-state index contributed by atoms with van der Waals surface area (Å²) in [7, 11) is 0. The number of carbonyl (C=O) groups is 1. The Kier molecular flexibility index (Phi) is 4.31. The zero-order valence-electron chi connectivity index (χ0n) is 10.7. The summed E-state index contributed by atoms with van der Waals surface area (Å²) in [5, 5.41) is 10.3. The normalized spacial score (nSPS) is 10.7. The topological polar surface area (TPSA) is 68.0 Å². The number of amides is 1. The Morgan fingerprint density at radius 1 is 1.32 bits per heavy atom. The molecule has 0 fully saturated rings. The van der Waals surface area contributed by atoms with Crippen molar-refractivity contribution in [3.8, 4) is 11.3 Å². The largest absolute Gasteiger partial charge is 0.306 e. The van der Waals surface area contributed by atoms with Crippen LogP contribution in [0.15, 0.2) is 33.4 Å². The van der Waals surface area contributed by atoms with Gasteiger partial charge in [-0.2, -0.15) is 0 Å². The van der Waals surface area contributed by atoms with Gasteiger partial charge in [0, 0.05) is 16.5 Å². The molecular weight excluding hydrogens is 310 g/mol. The zero-order chi connectivity index (χ0) is 13.8. The lowest BCUT2D eigenvalue weighted by Gasteiger charge is -2.05. The van der Waals surface area contributed by atoms with Crippen molar-refractivity contribution in [3.05, 3.63) is 28.7 Å². The molecule has 0 atom stereocenters. The number of benzene rings is 1. The molecule has 5 nitrogen and oxygen atoms in total. The van der Waals surface area contributed by atoms with Gasteiger partial charge < -0.3 is 5.32 Å². The standard InChI is InChI=1S/C13H14BrN3O2/c1-8(2)7-11(18)15-13-12(16-19-17-13)9-3-5-10(14)6-4-9/h3-6,8H,7H2,1-2H3,(H,15,17,18). The molecule has 6 heteroatoms. The number of hydrogen-bond donors (Lipinski definition) is 1. The summed E-state index contributed by atoms with van der Waals surface area (Å²) in [6.45, 7) is 3.96. The minimum absolute atomic E-state index is 0.0935. The highest BCUT2D eigenvalue weighted by atomic mass is 79.9. The van der Waals surface area contributed by atoms with E-state index in [0.717, 1.165) is 10.0 Å². The minimum Gasteiger partial charge on any atom is -0.306 e. The fourth-order valence-electron chi connectivity index (χ4n) is 1.62. The van der Waals surface area contributed by atoms with Crippen molar-refractivity contribution in [2.75, 3.05) is 5.32 Å². The Labute approximate surface area is 119 Å². The third-order valence-corrected chi connectivity index (χ3v) is 2.99. The molecule has 1 amide bonds. The Morgan fingerprint density at radius 3 is 2.63 bits per heavy atom. The number of carbonyl (C=O) groups excluding carboxylic acids is 1. The number of rotatable bonds is 4. The van der Waals surface area contributed by atoms with E-state index in [0.29, 0.717) is 17.9 Å².